The van der Waals surface area contributed by atoms with Crippen LogP contribution in [0.5, 0.6) is 5.75 Å². The lowest BCUT2D eigenvalue weighted by Gasteiger charge is -1.93. The first-order valence-electron chi connectivity index (χ1n) is 4.15. The highest BCUT2D eigenvalue weighted by Crippen LogP contribution is 2.30. The van der Waals surface area contributed by atoms with Crippen LogP contribution in [0.4, 0.5) is 0 Å². The Bertz CT molecular complexity index is 513. The molecule has 0 saturated carbocycles. The maximum absolute atomic E-state index is 10.7. The number of carboxylic acid groups (broad SMARTS) is 1. The van der Waals surface area contributed by atoms with Gasteiger partial charge in [-0.2, -0.15) is 0 Å². The van der Waals surface area contributed by atoms with Gasteiger partial charge in [0.15, 0.2) is 11.4 Å². The van der Waals surface area contributed by atoms with Crippen molar-refractivity contribution in [1.82, 2.24) is 4.98 Å². The van der Waals surface area contributed by atoms with Gasteiger partial charge in [-0.25, -0.2) is 4.79 Å². The monoisotopic (exact) mass is 191 g/mol. The lowest BCUT2D eigenvalue weighted by atomic mass is 10.1. The molecule has 0 unspecified atom stereocenters. The molecule has 1 aromatic carbocycles. The van der Waals surface area contributed by atoms with E-state index >= 15 is 0 Å². The van der Waals surface area contributed by atoms with Crippen molar-refractivity contribution in [2.24, 2.45) is 0 Å². The molecule has 4 heteroatoms. The van der Waals surface area contributed by atoms with E-state index in [-0.39, 0.29) is 11.4 Å². The number of aromatic amines is 1. The van der Waals surface area contributed by atoms with Crippen molar-refractivity contribution in [1.29, 1.82) is 0 Å². The number of rotatable bonds is 1. The van der Waals surface area contributed by atoms with Gasteiger partial charge in [0.2, 0.25) is 0 Å². The molecule has 2 aromatic rings. The molecule has 0 spiro atoms. The van der Waals surface area contributed by atoms with Crippen molar-refractivity contribution in [3.8, 4) is 5.75 Å². The second kappa shape index (κ2) is 2.77. The Kier molecular flexibility index (Phi) is 1.70. The quantitative estimate of drug-likeness (QED) is 0.644. The third-order valence-corrected chi connectivity index (χ3v) is 2.23. The predicted octanol–water partition coefficient (Wildman–Crippen LogP) is 1.88. The van der Waals surface area contributed by atoms with Crippen molar-refractivity contribution >= 4 is 16.9 Å². The predicted molar refractivity (Wildman–Crippen MR) is 51.7 cm³/mol. The van der Waals surface area contributed by atoms with Crippen LogP contribution in [0, 0.1) is 6.92 Å². The maximum atomic E-state index is 10.7. The molecule has 0 radical (unpaired) electrons. The van der Waals surface area contributed by atoms with E-state index in [2.05, 4.69) is 4.98 Å². The molecular weight excluding hydrogens is 182 g/mol. The number of hydrogen-bond acceptors (Lipinski definition) is 2. The van der Waals surface area contributed by atoms with Gasteiger partial charge in [-0.1, -0.05) is 12.1 Å². The number of hydrogen-bond donors (Lipinski definition) is 3. The van der Waals surface area contributed by atoms with Gasteiger partial charge >= 0.3 is 5.97 Å². The zero-order valence-corrected chi connectivity index (χ0v) is 7.53. The number of aromatic hydroxyl groups is 1. The molecule has 72 valence electrons. The fourth-order valence-corrected chi connectivity index (χ4v) is 1.50. The van der Waals surface area contributed by atoms with Crippen molar-refractivity contribution < 1.29 is 15.0 Å². The fourth-order valence-electron chi connectivity index (χ4n) is 1.50. The molecule has 14 heavy (non-hydrogen) atoms. The fraction of sp³-hybridized carbons (Fsp3) is 0.100. The Morgan fingerprint density at radius 3 is 2.71 bits per heavy atom. The maximum Gasteiger partial charge on any atom is 0.356 e. The Hall–Kier alpha value is -1.97. The molecule has 0 amide bonds. The van der Waals surface area contributed by atoms with Crippen LogP contribution in [0.3, 0.4) is 0 Å². The number of aromatic carboxylic acids is 1. The average Bonchev–Trinajstić information content (AvgIpc) is 2.46. The van der Waals surface area contributed by atoms with Crippen LogP contribution in [0.1, 0.15) is 16.1 Å². The van der Waals surface area contributed by atoms with E-state index in [4.69, 9.17) is 5.11 Å². The number of fused-ring (bicyclic) bond motifs is 1. The van der Waals surface area contributed by atoms with E-state index < -0.39 is 5.97 Å². The van der Waals surface area contributed by atoms with Crippen LogP contribution in [0.2, 0.25) is 0 Å². The van der Waals surface area contributed by atoms with Gasteiger partial charge in [0, 0.05) is 5.39 Å². The number of nitrogens with one attached hydrogen (secondary N) is 1. The number of carbonyl (C=O) groups is 1. The first kappa shape index (κ1) is 8.62. The molecule has 4 nitrogen and oxygen atoms in total. The number of H-pyrrole nitrogens is 1. The SMILES string of the molecule is Cc1cccc2c(O)c(C(=O)O)[nH]c12. The van der Waals surface area contributed by atoms with Gasteiger partial charge in [0.1, 0.15) is 0 Å². The molecule has 1 heterocycles. The lowest BCUT2D eigenvalue weighted by molar-refractivity contribution is 0.0688. The summed E-state index contributed by atoms with van der Waals surface area (Å²) in [6.07, 6.45) is 0. The highest BCUT2D eigenvalue weighted by atomic mass is 16.4. The number of aryl methyl sites for hydroxylation is 1. The smallest absolute Gasteiger partial charge is 0.356 e. The van der Waals surface area contributed by atoms with Crippen LogP contribution in [-0.2, 0) is 0 Å². The van der Waals surface area contributed by atoms with Crippen molar-refractivity contribution in [3.63, 3.8) is 0 Å². The summed E-state index contributed by atoms with van der Waals surface area (Å²) in [6, 6.07) is 5.31. The van der Waals surface area contributed by atoms with Gasteiger partial charge < -0.3 is 15.2 Å². The Morgan fingerprint density at radius 2 is 2.14 bits per heavy atom. The molecular formula is C10H9NO3. The molecule has 2 rings (SSSR count). The van der Waals surface area contributed by atoms with E-state index in [1.807, 2.05) is 13.0 Å². The summed E-state index contributed by atoms with van der Waals surface area (Å²) in [5, 5.41) is 18.9. The Morgan fingerprint density at radius 1 is 1.43 bits per heavy atom. The molecule has 1 aromatic heterocycles. The Balaban J connectivity index is 2.86. The van der Waals surface area contributed by atoms with E-state index in [0.29, 0.717) is 10.9 Å². The minimum Gasteiger partial charge on any atom is -0.505 e. The average molecular weight is 191 g/mol. The zero-order chi connectivity index (χ0) is 10.3. The number of carboxylic acids is 1. The van der Waals surface area contributed by atoms with Gasteiger partial charge in [0.05, 0.1) is 5.52 Å². The van der Waals surface area contributed by atoms with Crippen LogP contribution in [0.15, 0.2) is 18.2 Å². The number of para-hydroxylation sites is 1. The summed E-state index contributed by atoms with van der Waals surface area (Å²) < 4.78 is 0. The first-order valence-corrected chi connectivity index (χ1v) is 4.15. The summed E-state index contributed by atoms with van der Waals surface area (Å²) >= 11 is 0. The topological polar surface area (TPSA) is 73.3 Å². The summed E-state index contributed by atoms with van der Waals surface area (Å²) in [4.78, 5) is 13.4. The lowest BCUT2D eigenvalue weighted by Crippen LogP contribution is -1.95. The highest BCUT2D eigenvalue weighted by Gasteiger charge is 2.16. The number of aromatic nitrogens is 1. The molecule has 0 saturated heterocycles. The van der Waals surface area contributed by atoms with Gasteiger partial charge in [-0.3, -0.25) is 0 Å². The first-order chi connectivity index (χ1) is 6.61. The van der Waals surface area contributed by atoms with Crippen molar-refractivity contribution in [3.05, 3.63) is 29.5 Å². The highest BCUT2D eigenvalue weighted by molar-refractivity contribution is 6.00. The van der Waals surface area contributed by atoms with E-state index in [9.17, 15) is 9.90 Å². The molecule has 0 atom stereocenters. The molecule has 0 bridgehead atoms. The minimum atomic E-state index is -1.15. The summed E-state index contributed by atoms with van der Waals surface area (Å²) in [7, 11) is 0. The van der Waals surface area contributed by atoms with E-state index in [1.54, 1.807) is 12.1 Å². The van der Waals surface area contributed by atoms with Gasteiger partial charge in [-0.05, 0) is 18.6 Å². The third-order valence-electron chi connectivity index (χ3n) is 2.23. The van der Waals surface area contributed by atoms with E-state index in [1.165, 1.54) is 0 Å². The van der Waals surface area contributed by atoms with Gasteiger partial charge in [-0.15, -0.1) is 0 Å². The molecule has 0 aliphatic rings. The summed E-state index contributed by atoms with van der Waals surface area (Å²) in [5.41, 5.74) is 1.42. The Labute approximate surface area is 79.8 Å². The van der Waals surface area contributed by atoms with Gasteiger partial charge in [0.25, 0.3) is 0 Å². The van der Waals surface area contributed by atoms with Crippen LogP contribution >= 0.6 is 0 Å². The standard InChI is InChI=1S/C10H9NO3/c1-5-3-2-4-6-7(5)11-8(9(6)12)10(13)14/h2-4,11-12H,1H3,(H,13,14). The molecule has 0 aliphatic heterocycles. The molecule has 3 N–H and O–H groups in total. The van der Waals surface area contributed by atoms with Crippen LogP contribution in [0.25, 0.3) is 10.9 Å². The third kappa shape index (κ3) is 1.04. The molecule has 0 aliphatic carbocycles. The summed E-state index contributed by atoms with van der Waals surface area (Å²) in [5.74, 6) is -1.35. The second-order valence-corrected chi connectivity index (χ2v) is 3.15. The second-order valence-electron chi connectivity index (χ2n) is 3.15. The van der Waals surface area contributed by atoms with Crippen LogP contribution < -0.4 is 0 Å². The summed E-state index contributed by atoms with van der Waals surface area (Å²) in [6.45, 7) is 1.85. The van der Waals surface area contributed by atoms with Crippen molar-refractivity contribution in [2.45, 2.75) is 6.92 Å². The normalized spacial score (nSPS) is 10.6. The minimum absolute atomic E-state index is 0.158. The zero-order valence-electron chi connectivity index (χ0n) is 7.53. The van der Waals surface area contributed by atoms with Crippen molar-refractivity contribution in [2.75, 3.05) is 0 Å². The van der Waals surface area contributed by atoms with Crippen LogP contribution in [-0.4, -0.2) is 21.2 Å². The number of benzene rings is 1. The largest absolute Gasteiger partial charge is 0.505 e. The van der Waals surface area contributed by atoms with E-state index in [0.717, 1.165) is 5.56 Å². The molecule has 0 fully saturated rings.